The van der Waals surface area contributed by atoms with Gasteiger partial charge in [0.05, 0.1) is 15.6 Å². The molecular weight excluding hydrogens is 503 g/mol. The summed E-state index contributed by atoms with van der Waals surface area (Å²) in [7, 11) is 0. The first-order valence-electron chi connectivity index (χ1n) is 11.8. The second-order valence-electron chi connectivity index (χ2n) is 9.46. The van der Waals surface area contributed by atoms with Crippen LogP contribution in [-0.2, 0) is 6.61 Å². The van der Waals surface area contributed by atoms with E-state index in [1.807, 2.05) is 30.6 Å². The van der Waals surface area contributed by atoms with Gasteiger partial charge in [-0.05, 0) is 79.0 Å². The largest absolute Gasteiger partial charge is 0.489 e. The highest BCUT2D eigenvalue weighted by Crippen LogP contribution is 2.56. The zero-order valence-electron chi connectivity index (χ0n) is 19.1. The standard InChI is InChI=1S/C28H23Cl3N2O2/c1-15-9-17(13-32-12-15)20-11-21(20)19-8-7-18(10-25(19)31)34-14-22-27(33-35-28(22)16-5-6-16)26-23(29)3-2-4-24(26)30/h2-4,7-10,12-13,16,20-21H,5-6,11,14H2,1H3. The molecule has 0 aliphatic heterocycles. The quantitative estimate of drug-likeness (QED) is 0.242. The fourth-order valence-electron chi connectivity index (χ4n) is 4.79. The molecule has 4 nitrogen and oxygen atoms in total. The Hall–Kier alpha value is -2.53. The van der Waals surface area contributed by atoms with Crippen LogP contribution in [0.2, 0.25) is 15.1 Å². The van der Waals surface area contributed by atoms with E-state index in [0.29, 0.717) is 51.4 Å². The number of nitrogens with zero attached hydrogens (tertiary/aromatic N) is 2. The number of aromatic nitrogens is 2. The minimum atomic E-state index is 0.295. The molecule has 2 saturated carbocycles. The number of aryl methyl sites for hydroxylation is 1. The van der Waals surface area contributed by atoms with E-state index in [1.165, 1.54) is 11.1 Å². The molecule has 4 aromatic rings. The van der Waals surface area contributed by atoms with Gasteiger partial charge in [0.15, 0.2) is 0 Å². The van der Waals surface area contributed by atoms with Crippen LogP contribution in [0.1, 0.15) is 65.0 Å². The summed E-state index contributed by atoms with van der Waals surface area (Å²) in [5, 5.41) is 6.12. The Balaban J connectivity index is 1.22. The summed E-state index contributed by atoms with van der Waals surface area (Å²) in [5.74, 6) is 2.80. The van der Waals surface area contributed by atoms with Gasteiger partial charge < -0.3 is 9.26 Å². The Kier molecular flexibility index (Phi) is 6.00. The van der Waals surface area contributed by atoms with E-state index in [2.05, 4.69) is 29.2 Å². The van der Waals surface area contributed by atoms with Crippen molar-refractivity contribution in [2.45, 2.75) is 50.5 Å². The van der Waals surface area contributed by atoms with Crippen molar-refractivity contribution < 1.29 is 9.26 Å². The zero-order valence-corrected chi connectivity index (χ0v) is 21.4. The van der Waals surface area contributed by atoms with Gasteiger partial charge in [0.25, 0.3) is 0 Å². The Morgan fingerprint density at radius 2 is 1.77 bits per heavy atom. The number of ether oxygens (including phenoxy) is 1. The number of rotatable bonds is 7. The van der Waals surface area contributed by atoms with Crippen molar-refractivity contribution >= 4 is 34.8 Å². The molecule has 2 aromatic heterocycles. The molecule has 2 unspecified atom stereocenters. The van der Waals surface area contributed by atoms with E-state index < -0.39 is 0 Å². The molecular formula is C28H23Cl3N2O2. The Bertz CT molecular complexity index is 1390. The lowest BCUT2D eigenvalue weighted by atomic mass is 10.0. The summed E-state index contributed by atoms with van der Waals surface area (Å²) in [4.78, 5) is 4.34. The molecule has 0 saturated heterocycles. The number of benzene rings is 2. The van der Waals surface area contributed by atoms with Gasteiger partial charge in [-0.3, -0.25) is 4.98 Å². The van der Waals surface area contributed by atoms with Crippen molar-refractivity contribution in [3.05, 3.63) is 97.9 Å². The minimum absolute atomic E-state index is 0.295. The molecule has 178 valence electrons. The maximum absolute atomic E-state index is 6.71. The highest BCUT2D eigenvalue weighted by molar-refractivity contribution is 6.39. The number of hydrogen-bond donors (Lipinski definition) is 0. The van der Waals surface area contributed by atoms with Crippen LogP contribution in [-0.4, -0.2) is 10.1 Å². The lowest BCUT2D eigenvalue weighted by Gasteiger charge is -2.11. The maximum atomic E-state index is 6.71. The van der Waals surface area contributed by atoms with Crippen molar-refractivity contribution in [2.75, 3.05) is 0 Å². The minimum Gasteiger partial charge on any atom is -0.489 e. The molecule has 2 atom stereocenters. The molecule has 35 heavy (non-hydrogen) atoms. The summed E-state index contributed by atoms with van der Waals surface area (Å²) in [6.07, 6.45) is 7.09. The molecule has 0 spiro atoms. The Morgan fingerprint density at radius 3 is 2.49 bits per heavy atom. The van der Waals surface area contributed by atoms with Gasteiger partial charge in [0.2, 0.25) is 0 Å². The van der Waals surface area contributed by atoms with Crippen LogP contribution >= 0.6 is 34.8 Å². The van der Waals surface area contributed by atoms with Gasteiger partial charge in [-0.25, -0.2) is 0 Å². The summed E-state index contributed by atoms with van der Waals surface area (Å²) in [6.45, 7) is 2.37. The van der Waals surface area contributed by atoms with Crippen LogP contribution in [0.4, 0.5) is 0 Å². The smallest absolute Gasteiger partial charge is 0.147 e. The lowest BCUT2D eigenvalue weighted by Crippen LogP contribution is -2.00. The number of halogens is 3. The third-order valence-electron chi connectivity index (χ3n) is 6.84. The molecule has 0 radical (unpaired) electrons. The van der Waals surface area contributed by atoms with Crippen molar-refractivity contribution in [3.63, 3.8) is 0 Å². The third-order valence-corrected chi connectivity index (χ3v) is 7.79. The van der Waals surface area contributed by atoms with Crippen LogP contribution in [0, 0.1) is 6.92 Å². The SMILES string of the molecule is Cc1cncc(C2CC2c2ccc(OCc3c(-c4c(Cl)cccc4Cl)noc3C3CC3)cc2Cl)c1. The second kappa shape index (κ2) is 9.16. The lowest BCUT2D eigenvalue weighted by molar-refractivity contribution is 0.300. The van der Waals surface area contributed by atoms with E-state index in [9.17, 15) is 0 Å². The molecule has 2 aromatic carbocycles. The molecule has 2 heterocycles. The van der Waals surface area contributed by atoms with Crippen molar-refractivity contribution in [1.82, 2.24) is 10.1 Å². The first-order valence-corrected chi connectivity index (χ1v) is 12.9. The van der Waals surface area contributed by atoms with Crippen molar-refractivity contribution in [2.24, 2.45) is 0 Å². The highest BCUT2D eigenvalue weighted by Gasteiger charge is 2.41. The van der Waals surface area contributed by atoms with Crippen molar-refractivity contribution in [1.29, 1.82) is 0 Å². The Labute approximate surface area is 219 Å². The van der Waals surface area contributed by atoms with E-state index in [-0.39, 0.29) is 0 Å². The summed E-state index contributed by atoms with van der Waals surface area (Å²) in [6, 6.07) is 13.6. The molecule has 2 aliphatic rings. The number of hydrogen-bond acceptors (Lipinski definition) is 4. The van der Waals surface area contributed by atoms with Crippen LogP contribution in [0.15, 0.2) is 59.4 Å². The summed E-state index contributed by atoms with van der Waals surface area (Å²) >= 11 is 19.6. The van der Waals surface area contributed by atoms with Gasteiger partial charge in [0, 0.05) is 28.9 Å². The molecule has 7 heteroatoms. The maximum Gasteiger partial charge on any atom is 0.147 e. The third kappa shape index (κ3) is 4.55. The van der Waals surface area contributed by atoms with Gasteiger partial charge in [-0.15, -0.1) is 0 Å². The first-order chi connectivity index (χ1) is 17.0. The van der Waals surface area contributed by atoms with Gasteiger partial charge in [-0.2, -0.15) is 0 Å². The molecule has 2 aliphatic carbocycles. The Morgan fingerprint density at radius 1 is 0.971 bits per heavy atom. The molecule has 0 bridgehead atoms. The molecule has 0 amide bonds. The van der Waals surface area contributed by atoms with Crippen LogP contribution in [0.5, 0.6) is 5.75 Å². The number of pyridine rings is 1. The molecule has 2 fully saturated rings. The topological polar surface area (TPSA) is 48.2 Å². The van der Waals surface area contributed by atoms with Crippen LogP contribution in [0.3, 0.4) is 0 Å². The average Bonchev–Trinajstić information content (AvgIpc) is 3.76. The second-order valence-corrected chi connectivity index (χ2v) is 10.7. The average molecular weight is 526 g/mol. The van der Waals surface area contributed by atoms with E-state index in [0.717, 1.165) is 41.2 Å². The fraction of sp³-hybridized carbons (Fsp3) is 0.286. The normalized spacial score (nSPS) is 19.1. The highest BCUT2D eigenvalue weighted by atomic mass is 35.5. The van der Waals surface area contributed by atoms with Crippen LogP contribution in [0.25, 0.3) is 11.3 Å². The molecule has 6 rings (SSSR count). The monoisotopic (exact) mass is 524 g/mol. The van der Waals surface area contributed by atoms with Gasteiger partial charge >= 0.3 is 0 Å². The summed E-state index contributed by atoms with van der Waals surface area (Å²) in [5.41, 5.74) is 5.80. The van der Waals surface area contributed by atoms with Gasteiger partial charge in [-0.1, -0.05) is 58.2 Å². The zero-order chi connectivity index (χ0) is 24.1. The van der Waals surface area contributed by atoms with Crippen LogP contribution < -0.4 is 4.74 Å². The van der Waals surface area contributed by atoms with Gasteiger partial charge in [0.1, 0.15) is 23.8 Å². The van der Waals surface area contributed by atoms with Crippen molar-refractivity contribution in [3.8, 4) is 17.0 Å². The predicted molar refractivity (Wildman–Crippen MR) is 139 cm³/mol. The first kappa shape index (κ1) is 22.9. The molecule has 0 N–H and O–H groups in total. The fourth-order valence-corrected chi connectivity index (χ4v) is 5.68. The van der Waals surface area contributed by atoms with E-state index in [4.69, 9.17) is 44.1 Å². The van der Waals surface area contributed by atoms with E-state index in [1.54, 1.807) is 12.1 Å². The van der Waals surface area contributed by atoms with E-state index >= 15 is 0 Å². The summed E-state index contributed by atoms with van der Waals surface area (Å²) < 4.78 is 11.9. The predicted octanol–water partition coefficient (Wildman–Crippen LogP) is 8.73.